The highest BCUT2D eigenvalue weighted by atomic mass is 35.5. The molecule has 1 aromatic heterocycles. The Morgan fingerprint density at radius 2 is 2.28 bits per heavy atom. The van der Waals surface area contributed by atoms with E-state index in [-0.39, 0.29) is 5.91 Å². The minimum absolute atomic E-state index is 0.306. The fourth-order valence-electron chi connectivity index (χ4n) is 1.41. The monoisotopic (exact) mass is 282 g/mol. The topological polar surface area (TPSA) is 80.0 Å². The van der Waals surface area contributed by atoms with Gasteiger partial charge in [0.1, 0.15) is 0 Å². The van der Waals surface area contributed by atoms with Gasteiger partial charge in [-0.25, -0.2) is 4.98 Å². The van der Waals surface area contributed by atoms with Crippen molar-refractivity contribution in [3.63, 3.8) is 0 Å². The molecule has 5 nitrogen and oxygen atoms in total. The summed E-state index contributed by atoms with van der Waals surface area (Å²) in [4.78, 5) is 16.2. The lowest BCUT2D eigenvalue weighted by Gasteiger charge is -2.08. The van der Waals surface area contributed by atoms with Crippen LogP contribution in [0.25, 0.3) is 0 Å². The largest absolute Gasteiger partial charge is 0.323 e. The Hall–Kier alpha value is -1.63. The first-order valence-electron chi connectivity index (χ1n) is 5.10. The molecule has 0 unspecified atom stereocenters. The molecule has 94 valence electrons. The second-order valence-electron chi connectivity index (χ2n) is 3.58. The van der Waals surface area contributed by atoms with Crippen LogP contribution in [0.4, 0.5) is 10.8 Å². The predicted molar refractivity (Wildman–Crippen MR) is 74.1 cm³/mol. The average Bonchev–Trinajstić information content (AvgIpc) is 2.74. The lowest BCUT2D eigenvalue weighted by molar-refractivity contribution is 0.102. The number of amides is 1. The highest BCUT2D eigenvalue weighted by Crippen LogP contribution is 2.22. The van der Waals surface area contributed by atoms with Gasteiger partial charge in [0.25, 0.3) is 5.91 Å². The van der Waals surface area contributed by atoms with Crippen LogP contribution in [0.3, 0.4) is 0 Å². The molecule has 0 radical (unpaired) electrons. The summed E-state index contributed by atoms with van der Waals surface area (Å²) in [5.74, 6) is 5.04. The molecule has 0 aliphatic carbocycles. The molecule has 7 heteroatoms. The molecule has 1 heterocycles. The molecule has 18 heavy (non-hydrogen) atoms. The first kappa shape index (κ1) is 12.8. The number of benzene rings is 1. The number of halogens is 1. The maximum Gasteiger partial charge on any atom is 0.259 e. The first-order chi connectivity index (χ1) is 8.60. The maximum atomic E-state index is 12.1. The Morgan fingerprint density at radius 3 is 2.89 bits per heavy atom. The molecule has 0 atom stereocenters. The van der Waals surface area contributed by atoms with Crippen LogP contribution in [-0.4, -0.2) is 10.9 Å². The second-order valence-corrected chi connectivity index (χ2v) is 4.88. The van der Waals surface area contributed by atoms with Gasteiger partial charge in [-0.2, -0.15) is 0 Å². The van der Waals surface area contributed by atoms with Gasteiger partial charge in [0.05, 0.1) is 16.9 Å². The fourth-order valence-corrected chi connectivity index (χ4v) is 2.26. The summed E-state index contributed by atoms with van der Waals surface area (Å²) in [6.45, 7) is 1.86. The van der Waals surface area contributed by atoms with Gasteiger partial charge in [0.15, 0.2) is 5.13 Å². The lowest BCUT2D eigenvalue weighted by Crippen LogP contribution is -2.17. The van der Waals surface area contributed by atoms with Crippen molar-refractivity contribution in [3.8, 4) is 0 Å². The molecule has 0 bridgehead atoms. The zero-order valence-electron chi connectivity index (χ0n) is 9.53. The van der Waals surface area contributed by atoms with E-state index in [0.29, 0.717) is 21.4 Å². The number of nitrogens with zero attached hydrogens (tertiary/aromatic N) is 1. The summed E-state index contributed by atoms with van der Waals surface area (Å²) >= 11 is 7.23. The number of carbonyl (C=O) groups excluding carboxylic acids is 1. The molecule has 0 saturated carbocycles. The number of nitrogen functional groups attached to an aromatic ring is 1. The summed E-state index contributed by atoms with van der Waals surface area (Å²) in [7, 11) is 0. The van der Waals surface area contributed by atoms with Crippen LogP contribution in [0.2, 0.25) is 5.02 Å². The number of hydrogen-bond acceptors (Lipinski definition) is 5. The number of rotatable bonds is 3. The van der Waals surface area contributed by atoms with Gasteiger partial charge in [-0.1, -0.05) is 11.6 Å². The maximum absolute atomic E-state index is 12.1. The van der Waals surface area contributed by atoms with E-state index < -0.39 is 0 Å². The number of thiazole rings is 1. The van der Waals surface area contributed by atoms with Crippen molar-refractivity contribution in [2.45, 2.75) is 6.92 Å². The predicted octanol–water partition coefficient (Wildman–Crippen LogP) is 2.64. The van der Waals surface area contributed by atoms with Crippen LogP contribution >= 0.6 is 22.9 Å². The standard InChI is InChI=1S/C11H11ClN4OS/c1-6-5-18-11(14-6)15-10(17)8-4-7(12)2-3-9(8)16-13/h2-5,16H,13H2,1H3,(H,14,15,17). The van der Waals surface area contributed by atoms with Crippen LogP contribution in [0.5, 0.6) is 0 Å². The van der Waals surface area contributed by atoms with E-state index in [1.807, 2.05) is 12.3 Å². The van der Waals surface area contributed by atoms with Crippen molar-refractivity contribution >= 4 is 39.7 Å². The molecule has 2 rings (SSSR count). The Labute approximate surface area is 113 Å². The van der Waals surface area contributed by atoms with E-state index in [2.05, 4.69) is 15.7 Å². The molecular weight excluding hydrogens is 272 g/mol. The molecule has 2 aromatic rings. The summed E-state index contributed by atoms with van der Waals surface area (Å²) in [5, 5.41) is 5.56. The Balaban J connectivity index is 2.25. The van der Waals surface area contributed by atoms with Gasteiger partial charge in [-0.15, -0.1) is 11.3 Å². The number of aryl methyl sites for hydroxylation is 1. The number of carbonyl (C=O) groups is 1. The summed E-state index contributed by atoms with van der Waals surface area (Å²) in [6, 6.07) is 4.85. The second kappa shape index (κ2) is 5.34. The Morgan fingerprint density at radius 1 is 1.50 bits per heavy atom. The van der Waals surface area contributed by atoms with Crippen molar-refractivity contribution in [2.24, 2.45) is 5.84 Å². The number of nitrogens with two attached hydrogens (primary N) is 1. The first-order valence-corrected chi connectivity index (χ1v) is 6.35. The van der Waals surface area contributed by atoms with Gasteiger partial charge in [-0.3, -0.25) is 16.0 Å². The van der Waals surface area contributed by atoms with Crippen LogP contribution in [0, 0.1) is 6.92 Å². The van der Waals surface area contributed by atoms with Crippen molar-refractivity contribution in [3.05, 3.63) is 39.9 Å². The minimum atomic E-state index is -0.306. The van der Waals surface area contributed by atoms with Crippen molar-refractivity contribution in [1.82, 2.24) is 4.98 Å². The van der Waals surface area contributed by atoms with E-state index in [9.17, 15) is 4.79 Å². The smallest absolute Gasteiger partial charge is 0.259 e. The number of aromatic nitrogens is 1. The van der Waals surface area contributed by atoms with Gasteiger partial charge < -0.3 is 5.43 Å². The van der Waals surface area contributed by atoms with Gasteiger partial charge in [-0.05, 0) is 25.1 Å². The molecular formula is C11H11ClN4OS. The highest BCUT2D eigenvalue weighted by Gasteiger charge is 2.13. The zero-order valence-corrected chi connectivity index (χ0v) is 11.1. The Bertz CT molecular complexity index is 584. The van der Waals surface area contributed by atoms with Crippen molar-refractivity contribution in [1.29, 1.82) is 0 Å². The van der Waals surface area contributed by atoms with Crippen LogP contribution < -0.4 is 16.6 Å². The van der Waals surface area contributed by atoms with E-state index in [0.717, 1.165) is 5.69 Å². The highest BCUT2D eigenvalue weighted by molar-refractivity contribution is 7.13. The van der Waals surface area contributed by atoms with E-state index in [4.69, 9.17) is 17.4 Å². The third kappa shape index (κ3) is 2.79. The van der Waals surface area contributed by atoms with Gasteiger partial charge in [0, 0.05) is 10.4 Å². The molecule has 0 aliphatic heterocycles. The van der Waals surface area contributed by atoms with Crippen LogP contribution in [0.15, 0.2) is 23.6 Å². The molecule has 1 amide bonds. The third-order valence-corrected chi connectivity index (χ3v) is 3.33. The minimum Gasteiger partial charge on any atom is -0.323 e. The lowest BCUT2D eigenvalue weighted by atomic mass is 10.1. The van der Waals surface area contributed by atoms with Gasteiger partial charge >= 0.3 is 0 Å². The van der Waals surface area contributed by atoms with Crippen molar-refractivity contribution in [2.75, 3.05) is 10.7 Å². The van der Waals surface area contributed by atoms with E-state index >= 15 is 0 Å². The molecule has 0 fully saturated rings. The third-order valence-electron chi connectivity index (χ3n) is 2.22. The van der Waals surface area contributed by atoms with Crippen LogP contribution in [0.1, 0.15) is 16.1 Å². The summed E-state index contributed by atoms with van der Waals surface area (Å²) in [5.41, 5.74) is 4.20. The number of nitrogens with one attached hydrogen (secondary N) is 2. The average molecular weight is 283 g/mol. The van der Waals surface area contributed by atoms with Crippen molar-refractivity contribution < 1.29 is 4.79 Å². The van der Waals surface area contributed by atoms with E-state index in [1.165, 1.54) is 11.3 Å². The molecule has 1 aromatic carbocycles. The number of hydrogen-bond donors (Lipinski definition) is 3. The zero-order chi connectivity index (χ0) is 13.1. The fraction of sp³-hybridized carbons (Fsp3) is 0.0909. The normalized spacial score (nSPS) is 10.2. The van der Waals surface area contributed by atoms with Crippen LogP contribution in [-0.2, 0) is 0 Å². The number of hydrazine groups is 1. The quantitative estimate of drug-likeness (QED) is 0.597. The van der Waals surface area contributed by atoms with Gasteiger partial charge in [0.2, 0.25) is 0 Å². The molecule has 0 spiro atoms. The Kier molecular flexibility index (Phi) is 3.81. The molecule has 0 saturated heterocycles. The number of anilines is 2. The summed E-state index contributed by atoms with van der Waals surface area (Å²) < 4.78 is 0. The van der Waals surface area contributed by atoms with E-state index in [1.54, 1.807) is 18.2 Å². The molecule has 4 N–H and O–H groups in total. The SMILES string of the molecule is Cc1csc(NC(=O)c2cc(Cl)ccc2NN)n1. The summed E-state index contributed by atoms with van der Waals surface area (Å²) in [6.07, 6.45) is 0. The molecule has 0 aliphatic rings.